The average molecular weight is 431 g/mol. The molecule has 1 atom stereocenters. The van der Waals surface area contributed by atoms with Crippen molar-refractivity contribution in [2.24, 2.45) is 5.10 Å². The zero-order chi connectivity index (χ0) is 19.2. The number of anilines is 1. The van der Waals surface area contributed by atoms with E-state index in [-0.39, 0.29) is 16.7 Å². The summed E-state index contributed by atoms with van der Waals surface area (Å²) in [5, 5.41) is 18.9. The van der Waals surface area contributed by atoms with E-state index in [4.69, 9.17) is 0 Å². The second kappa shape index (κ2) is 9.10. The van der Waals surface area contributed by atoms with E-state index in [1.807, 2.05) is 36.4 Å². The van der Waals surface area contributed by atoms with E-state index in [0.29, 0.717) is 6.04 Å². The monoisotopic (exact) mass is 430 g/mol. The van der Waals surface area contributed by atoms with Gasteiger partial charge in [-0.05, 0) is 62.4 Å². The van der Waals surface area contributed by atoms with Crippen molar-refractivity contribution in [2.45, 2.75) is 44.7 Å². The maximum atomic E-state index is 10.8. The summed E-state index contributed by atoms with van der Waals surface area (Å²) < 4.78 is 1.05. The number of benzene rings is 2. The molecule has 1 saturated carbocycles. The van der Waals surface area contributed by atoms with E-state index in [1.165, 1.54) is 5.71 Å². The van der Waals surface area contributed by atoms with Crippen molar-refractivity contribution < 1.29 is 4.92 Å². The van der Waals surface area contributed by atoms with Crippen LogP contribution in [0.2, 0.25) is 0 Å². The summed E-state index contributed by atoms with van der Waals surface area (Å²) in [5.74, 6) is 0. The minimum atomic E-state index is -0.369. The molecule has 2 N–H and O–H groups in total. The molecule has 0 heterocycles. The van der Waals surface area contributed by atoms with Gasteiger partial charge in [-0.15, -0.1) is 0 Å². The molecule has 6 nitrogen and oxygen atoms in total. The topological polar surface area (TPSA) is 79.6 Å². The van der Waals surface area contributed by atoms with Crippen molar-refractivity contribution in [3.05, 3.63) is 68.7 Å². The molecule has 0 unspecified atom stereocenters. The van der Waals surface area contributed by atoms with Gasteiger partial charge in [0.1, 0.15) is 0 Å². The number of nitro groups is 1. The lowest BCUT2D eigenvalue weighted by Gasteiger charge is -2.27. The normalized spacial score (nSPS) is 18.0. The Bertz CT molecular complexity index is 796. The first-order chi connectivity index (χ1) is 13.0. The van der Waals surface area contributed by atoms with Crippen molar-refractivity contribution in [3.63, 3.8) is 0 Å². The largest absolute Gasteiger partial charge is 0.307 e. The molecular formula is C20H23BrN4O2. The minimum Gasteiger partial charge on any atom is -0.307 e. The van der Waals surface area contributed by atoms with Gasteiger partial charge in [0.2, 0.25) is 0 Å². The van der Waals surface area contributed by atoms with Gasteiger partial charge in [0, 0.05) is 34.4 Å². The van der Waals surface area contributed by atoms with Crippen LogP contribution in [0.3, 0.4) is 0 Å². The molecule has 0 saturated heterocycles. The van der Waals surface area contributed by atoms with E-state index in [0.717, 1.165) is 41.4 Å². The van der Waals surface area contributed by atoms with Gasteiger partial charge in [-0.3, -0.25) is 15.5 Å². The Morgan fingerprint density at radius 1 is 1.11 bits per heavy atom. The lowest BCUT2D eigenvalue weighted by Crippen LogP contribution is -2.35. The number of non-ortho nitro benzene ring substituents is 1. The van der Waals surface area contributed by atoms with Gasteiger partial charge in [0.25, 0.3) is 5.69 Å². The van der Waals surface area contributed by atoms with Crippen LogP contribution in [0.5, 0.6) is 0 Å². The Hall–Kier alpha value is -2.25. The predicted molar refractivity (Wildman–Crippen MR) is 112 cm³/mol. The zero-order valence-electron chi connectivity index (χ0n) is 15.2. The van der Waals surface area contributed by atoms with E-state index in [9.17, 15) is 10.1 Å². The lowest BCUT2D eigenvalue weighted by atomic mass is 9.92. The molecule has 1 fully saturated rings. The van der Waals surface area contributed by atoms with Crippen molar-refractivity contribution in [1.29, 1.82) is 0 Å². The van der Waals surface area contributed by atoms with E-state index < -0.39 is 0 Å². The molecular weight excluding hydrogens is 408 g/mol. The molecule has 0 amide bonds. The fourth-order valence-electron chi connectivity index (χ4n) is 3.23. The summed E-state index contributed by atoms with van der Waals surface area (Å²) in [7, 11) is 0. The number of nitrogens with zero attached hydrogens (tertiary/aromatic N) is 2. The summed E-state index contributed by atoms with van der Waals surface area (Å²) in [6.07, 6.45) is 4.01. The number of rotatable bonds is 6. The van der Waals surface area contributed by atoms with Gasteiger partial charge in [-0.25, -0.2) is 0 Å². The molecule has 142 valence electrons. The quantitative estimate of drug-likeness (QED) is 0.473. The molecule has 1 aliphatic rings. The molecule has 27 heavy (non-hydrogen) atoms. The van der Waals surface area contributed by atoms with E-state index in [2.05, 4.69) is 38.7 Å². The molecule has 2 aromatic rings. The van der Waals surface area contributed by atoms with E-state index >= 15 is 0 Å². The summed E-state index contributed by atoms with van der Waals surface area (Å²) in [6.45, 7) is 2.10. The van der Waals surface area contributed by atoms with Crippen LogP contribution in [0, 0.1) is 10.1 Å². The third kappa shape index (κ3) is 5.61. The van der Waals surface area contributed by atoms with Crippen LogP contribution in [0.15, 0.2) is 58.1 Å². The summed E-state index contributed by atoms with van der Waals surface area (Å²) >= 11 is 3.43. The SMILES string of the molecule is C[C@@H](NC1CCC(=NNc2ccc(Br)cc2)CC1)c1ccc([N+](=O)[O-])cc1. The highest BCUT2D eigenvalue weighted by atomic mass is 79.9. The van der Waals surface area contributed by atoms with Crippen LogP contribution >= 0.6 is 15.9 Å². The summed E-state index contributed by atoms with van der Waals surface area (Å²) in [6, 6.07) is 15.3. The van der Waals surface area contributed by atoms with Gasteiger partial charge < -0.3 is 5.32 Å². The Kier molecular flexibility index (Phi) is 6.58. The molecule has 7 heteroatoms. The minimum absolute atomic E-state index is 0.128. The Balaban J connectivity index is 1.47. The fourth-order valence-corrected chi connectivity index (χ4v) is 3.50. The second-order valence-electron chi connectivity index (χ2n) is 6.81. The number of nitrogens with one attached hydrogen (secondary N) is 2. The second-order valence-corrected chi connectivity index (χ2v) is 7.72. The smallest absolute Gasteiger partial charge is 0.269 e. The Morgan fingerprint density at radius 2 is 1.74 bits per heavy atom. The van der Waals surface area contributed by atoms with Gasteiger partial charge in [-0.1, -0.05) is 28.1 Å². The highest BCUT2D eigenvalue weighted by molar-refractivity contribution is 9.10. The third-order valence-corrected chi connectivity index (χ3v) is 5.37. The molecule has 0 spiro atoms. The molecule has 0 aromatic heterocycles. The Morgan fingerprint density at radius 3 is 2.33 bits per heavy atom. The fraction of sp³-hybridized carbons (Fsp3) is 0.350. The number of hydrogen-bond donors (Lipinski definition) is 2. The molecule has 0 aliphatic heterocycles. The van der Waals surface area contributed by atoms with E-state index in [1.54, 1.807) is 12.1 Å². The average Bonchev–Trinajstić information content (AvgIpc) is 2.68. The maximum Gasteiger partial charge on any atom is 0.269 e. The molecule has 0 bridgehead atoms. The van der Waals surface area contributed by atoms with Gasteiger partial charge in [0.15, 0.2) is 0 Å². The summed E-state index contributed by atoms with van der Waals surface area (Å²) in [4.78, 5) is 10.4. The van der Waals surface area contributed by atoms with Crippen molar-refractivity contribution >= 4 is 33.0 Å². The first kappa shape index (κ1) is 19.5. The van der Waals surface area contributed by atoms with Crippen LogP contribution in [0.4, 0.5) is 11.4 Å². The number of hydrazone groups is 1. The molecule has 3 rings (SSSR count). The first-order valence-electron chi connectivity index (χ1n) is 9.08. The van der Waals surface area contributed by atoms with Gasteiger partial charge >= 0.3 is 0 Å². The summed E-state index contributed by atoms with van der Waals surface area (Å²) in [5.41, 5.74) is 6.50. The standard InChI is InChI=1S/C20H23BrN4O2/c1-14(15-2-12-20(13-3-15)25(26)27)22-17-8-10-19(11-9-17)24-23-18-6-4-16(21)5-7-18/h2-7,12-14,17,22-23H,8-11H2,1H3/t14-,17?/m1/s1. The van der Waals surface area contributed by atoms with Crippen LogP contribution in [-0.2, 0) is 0 Å². The maximum absolute atomic E-state index is 10.8. The van der Waals surface area contributed by atoms with Crippen LogP contribution in [0.1, 0.15) is 44.2 Å². The highest BCUT2D eigenvalue weighted by Gasteiger charge is 2.20. The Labute approximate surface area is 167 Å². The number of hydrogen-bond acceptors (Lipinski definition) is 5. The molecule has 0 radical (unpaired) electrons. The number of halogens is 1. The van der Waals surface area contributed by atoms with Crippen LogP contribution in [0.25, 0.3) is 0 Å². The van der Waals surface area contributed by atoms with Crippen molar-refractivity contribution in [1.82, 2.24) is 5.32 Å². The van der Waals surface area contributed by atoms with Crippen LogP contribution < -0.4 is 10.7 Å². The van der Waals surface area contributed by atoms with Gasteiger partial charge in [0.05, 0.1) is 10.6 Å². The molecule has 1 aliphatic carbocycles. The predicted octanol–water partition coefficient (Wildman–Crippen LogP) is 5.42. The van der Waals surface area contributed by atoms with Gasteiger partial charge in [-0.2, -0.15) is 5.10 Å². The van der Waals surface area contributed by atoms with Crippen LogP contribution in [-0.4, -0.2) is 16.7 Å². The number of nitro benzene ring substituents is 1. The molecule has 2 aromatic carbocycles. The first-order valence-corrected chi connectivity index (χ1v) is 9.88. The lowest BCUT2D eigenvalue weighted by molar-refractivity contribution is -0.384. The highest BCUT2D eigenvalue weighted by Crippen LogP contribution is 2.22. The van der Waals surface area contributed by atoms with Crippen molar-refractivity contribution in [2.75, 3.05) is 5.43 Å². The zero-order valence-corrected chi connectivity index (χ0v) is 16.8. The third-order valence-electron chi connectivity index (χ3n) is 4.84. The van der Waals surface area contributed by atoms with Crippen molar-refractivity contribution in [3.8, 4) is 0 Å².